The van der Waals surface area contributed by atoms with Crippen LogP contribution in [0.4, 0.5) is 13.2 Å². The minimum atomic E-state index is -4.37. The molecular weight excluding hydrogens is 231 g/mol. The maximum absolute atomic E-state index is 12.4. The van der Waals surface area contributed by atoms with Gasteiger partial charge in [-0.05, 0) is 17.7 Å². The second-order valence-corrected chi connectivity index (χ2v) is 3.55. The highest BCUT2D eigenvalue weighted by atomic mass is 19.4. The quantitative estimate of drug-likeness (QED) is 0.877. The summed E-state index contributed by atoms with van der Waals surface area (Å²) in [5.74, 6) is 0. The first kappa shape index (κ1) is 11.7. The topological polar surface area (TPSA) is 43.8 Å². The average molecular weight is 241 g/mol. The van der Waals surface area contributed by atoms with Gasteiger partial charge in [0, 0.05) is 12.7 Å². The minimum Gasteiger partial charge on any atom is -0.326 e. The fourth-order valence-electron chi connectivity index (χ4n) is 1.44. The van der Waals surface area contributed by atoms with Gasteiger partial charge in [-0.1, -0.05) is 12.1 Å². The Labute approximate surface area is 95.7 Å². The SMILES string of the molecule is NCc1cccc(-n2cc(C(F)(F)F)cn2)c1. The van der Waals surface area contributed by atoms with E-state index in [9.17, 15) is 13.2 Å². The van der Waals surface area contributed by atoms with Crippen molar-refractivity contribution in [1.29, 1.82) is 0 Å². The van der Waals surface area contributed by atoms with Crippen molar-refractivity contribution in [2.75, 3.05) is 0 Å². The van der Waals surface area contributed by atoms with Crippen LogP contribution in [0.15, 0.2) is 36.7 Å². The number of benzene rings is 1. The smallest absolute Gasteiger partial charge is 0.326 e. The lowest BCUT2D eigenvalue weighted by molar-refractivity contribution is -0.137. The summed E-state index contributed by atoms with van der Waals surface area (Å²) in [4.78, 5) is 0. The van der Waals surface area contributed by atoms with Crippen molar-refractivity contribution in [2.45, 2.75) is 12.7 Å². The fraction of sp³-hybridized carbons (Fsp3) is 0.182. The normalized spacial score (nSPS) is 11.8. The summed E-state index contributed by atoms with van der Waals surface area (Å²) in [6.07, 6.45) is -2.62. The van der Waals surface area contributed by atoms with Gasteiger partial charge >= 0.3 is 6.18 Å². The van der Waals surface area contributed by atoms with Gasteiger partial charge < -0.3 is 5.73 Å². The van der Waals surface area contributed by atoms with E-state index >= 15 is 0 Å². The zero-order valence-corrected chi connectivity index (χ0v) is 8.78. The van der Waals surface area contributed by atoms with E-state index in [-0.39, 0.29) is 0 Å². The second kappa shape index (κ2) is 4.21. The zero-order valence-electron chi connectivity index (χ0n) is 8.78. The molecule has 1 heterocycles. The van der Waals surface area contributed by atoms with Crippen LogP contribution in [0.5, 0.6) is 0 Å². The van der Waals surface area contributed by atoms with E-state index in [1.807, 2.05) is 0 Å². The molecule has 0 fully saturated rings. The Kier molecular flexibility index (Phi) is 2.89. The van der Waals surface area contributed by atoms with Gasteiger partial charge in [-0.25, -0.2) is 4.68 Å². The van der Waals surface area contributed by atoms with Gasteiger partial charge in [0.15, 0.2) is 0 Å². The highest BCUT2D eigenvalue weighted by molar-refractivity contribution is 5.35. The lowest BCUT2D eigenvalue weighted by Crippen LogP contribution is -2.03. The van der Waals surface area contributed by atoms with Crippen LogP contribution in [-0.4, -0.2) is 9.78 Å². The summed E-state index contributed by atoms with van der Waals surface area (Å²) in [7, 11) is 0. The Bertz CT molecular complexity index is 517. The Morgan fingerprint density at radius 3 is 2.65 bits per heavy atom. The van der Waals surface area contributed by atoms with Crippen LogP contribution in [0.1, 0.15) is 11.1 Å². The van der Waals surface area contributed by atoms with E-state index in [0.717, 1.165) is 18.0 Å². The van der Waals surface area contributed by atoms with Gasteiger partial charge in [0.1, 0.15) is 0 Å². The Balaban J connectivity index is 2.37. The molecule has 0 aliphatic carbocycles. The van der Waals surface area contributed by atoms with Gasteiger partial charge in [0.2, 0.25) is 0 Å². The molecule has 0 radical (unpaired) electrons. The fourth-order valence-corrected chi connectivity index (χ4v) is 1.44. The third kappa shape index (κ3) is 2.47. The summed E-state index contributed by atoms with van der Waals surface area (Å²) in [5.41, 5.74) is 6.09. The molecule has 2 aromatic rings. The molecule has 0 unspecified atom stereocenters. The number of nitrogens with two attached hydrogens (primary N) is 1. The van der Waals surface area contributed by atoms with Crippen molar-refractivity contribution in [3.05, 3.63) is 47.8 Å². The molecule has 2 N–H and O–H groups in total. The molecule has 0 saturated heterocycles. The van der Waals surface area contributed by atoms with Gasteiger partial charge in [0.05, 0.1) is 17.4 Å². The lowest BCUT2D eigenvalue weighted by Gasteiger charge is -2.04. The van der Waals surface area contributed by atoms with Crippen molar-refractivity contribution in [2.24, 2.45) is 5.73 Å². The summed E-state index contributed by atoms with van der Waals surface area (Å²) < 4.78 is 38.3. The van der Waals surface area contributed by atoms with Gasteiger partial charge in [-0.15, -0.1) is 0 Å². The highest BCUT2D eigenvalue weighted by Crippen LogP contribution is 2.29. The Morgan fingerprint density at radius 1 is 1.29 bits per heavy atom. The molecule has 6 heteroatoms. The molecule has 0 saturated carbocycles. The third-order valence-corrected chi connectivity index (χ3v) is 2.32. The van der Waals surface area contributed by atoms with E-state index in [1.54, 1.807) is 24.3 Å². The first-order chi connectivity index (χ1) is 8.00. The molecule has 0 aliphatic rings. The summed E-state index contributed by atoms with van der Waals surface area (Å²) >= 11 is 0. The third-order valence-electron chi connectivity index (χ3n) is 2.32. The second-order valence-electron chi connectivity index (χ2n) is 3.55. The Hall–Kier alpha value is -1.82. The van der Waals surface area contributed by atoms with E-state index in [1.165, 1.54) is 4.68 Å². The van der Waals surface area contributed by atoms with Crippen LogP contribution in [-0.2, 0) is 12.7 Å². The molecule has 0 spiro atoms. The van der Waals surface area contributed by atoms with Crippen LogP contribution in [0.25, 0.3) is 5.69 Å². The van der Waals surface area contributed by atoms with Crippen molar-refractivity contribution in [3.8, 4) is 5.69 Å². The number of alkyl halides is 3. The first-order valence-corrected chi connectivity index (χ1v) is 4.92. The van der Waals surface area contributed by atoms with Crippen LogP contribution >= 0.6 is 0 Å². The largest absolute Gasteiger partial charge is 0.419 e. The van der Waals surface area contributed by atoms with Gasteiger partial charge in [-0.2, -0.15) is 18.3 Å². The van der Waals surface area contributed by atoms with Crippen LogP contribution < -0.4 is 5.73 Å². The van der Waals surface area contributed by atoms with Gasteiger partial charge in [0.25, 0.3) is 0 Å². The van der Waals surface area contributed by atoms with E-state index in [0.29, 0.717) is 12.2 Å². The lowest BCUT2D eigenvalue weighted by atomic mass is 10.2. The number of halogens is 3. The molecule has 0 aliphatic heterocycles. The minimum absolute atomic E-state index is 0.335. The van der Waals surface area contributed by atoms with Crippen LogP contribution in [0.2, 0.25) is 0 Å². The first-order valence-electron chi connectivity index (χ1n) is 4.92. The molecular formula is C11H10F3N3. The number of nitrogens with zero attached hydrogens (tertiary/aromatic N) is 2. The van der Waals surface area contributed by atoms with Crippen molar-refractivity contribution < 1.29 is 13.2 Å². The monoisotopic (exact) mass is 241 g/mol. The molecule has 2 rings (SSSR count). The number of rotatable bonds is 2. The summed E-state index contributed by atoms with van der Waals surface area (Å²) in [5, 5.41) is 3.68. The molecule has 0 atom stereocenters. The molecule has 1 aromatic carbocycles. The molecule has 90 valence electrons. The molecule has 0 bridgehead atoms. The van der Waals surface area contributed by atoms with E-state index in [4.69, 9.17) is 5.73 Å². The van der Waals surface area contributed by atoms with Crippen molar-refractivity contribution in [1.82, 2.24) is 9.78 Å². The Morgan fingerprint density at radius 2 is 2.06 bits per heavy atom. The maximum atomic E-state index is 12.4. The number of hydrogen-bond acceptors (Lipinski definition) is 2. The highest BCUT2D eigenvalue weighted by Gasteiger charge is 2.32. The molecule has 0 amide bonds. The summed E-state index contributed by atoms with van der Waals surface area (Å²) in [6, 6.07) is 6.91. The average Bonchev–Trinajstić information content (AvgIpc) is 2.78. The molecule has 3 nitrogen and oxygen atoms in total. The zero-order chi connectivity index (χ0) is 12.5. The predicted molar refractivity (Wildman–Crippen MR) is 56.5 cm³/mol. The van der Waals surface area contributed by atoms with Crippen LogP contribution in [0.3, 0.4) is 0 Å². The van der Waals surface area contributed by atoms with E-state index in [2.05, 4.69) is 5.10 Å². The predicted octanol–water partition coefficient (Wildman–Crippen LogP) is 2.35. The van der Waals surface area contributed by atoms with Crippen LogP contribution in [0, 0.1) is 0 Å². The summed E-state index contributed by atoms with van der Waals surface area (Å²) in [6.45, 7) is 0.335. The van der Waals surface area contributed by atoms with Crippen molar-refractivity contribution >= 4 is 0 Å². The number of hydrogen-bond donors (Lipinski definition) is 1. The van der Waals surface area contributed by atoms with Gasteiger partial charge in [-0.3, -0.25) is 0 Å². The van der Waals surface area contributed by atoms with Crippen molar-refractivity contribution in [3.63, 3.8) is 0 Å². The molecule has 17 heavy (non-hydrogen) atoms. The maximum Gasteiger partial charge on any atom is 0.419 e. The molecule has 1 aromatic heterocycles. The number of aromatic nitrogens is 2. The van der Waals surface area contributed by atoms with E-state index < -0.39 is 11.7 Å². The standard InChI is InChI=1S/C11H10F3N3/c12-11(13,14)9-6-16-17(7-9)10-3-1-2-8(4-10)5-15/h1-4,6-7H,5,15H2.